The smallest absolute Gasteiger partial charge is 0.410 e. The maximum atomic E-state index is 13.2. The summed E-state index contributed by atoms with van der Waals surface area (Å²) in [6, 6.07) is 0. The number of nitrogens with zero attached hydrogens (tertiary/aromatic N) is 3. The minimum Gasteiger partial charge on any atom is -0.474 e. The van der Waals surface area contributed by atoms with Crippen LogP contribution < -0.4 is 9.12 Å². The van der Waals surface area contributed by atoms with E-state index in [1.807, 2.05) is 54.6 Å². The Balaban J connectivity index is 1.82. The maximum Gasteiger partial charge on any atom is 0.410 e. The Labute approximate surface area is 186 Å². The third kappa shape index (κ3) is 4.49. The summed E-state index contributed by atoms with van der Waals surface area (Å²) in [5, 5.41) is 4.14. The van der Waals surface area contributed by atoms with Gasteiger partial charge in [0.1, 0.15) is 20.4 Å². The lowest BCUT2D eigenvalue weighted by Gasteiger charge is -2.36. The lowest BCUT2D eigenvalue weighted by molar-refractivity contribution is 0.0121. The summed E-state index contributed by atoms with van der Waals surface area (Å²) < 4.78 is 42.5. The molecule has 1 N–H and O–H groups in total. The number of aromatic nitrogens is 2. The molecular weight excluding hydrogens is 436 g/mol. The lowest BCUT2D eigenvalue weighted by atomic mass is 10.2. The molecule has 1 fully saturated rings. The van der Waals surface area contributed by atoms with Gasteiger partial charge in [0.2, 0.25) is 15.9 Å². The van der Waals surface area contributed by atoms with E-state index in [0.29, 0.717) is 6.54 Å². The first kappa shape index (κ1) is 24.1. The molecule has 0 bridgehead atoms. The normalized spacial score (nSPS) is 23.8. The summed E-state index contributed by atoms with van der Waals surface area (Å²) in [7, 11) is -4.42. The fraction of sp³-hybridized carbons (Fsp3) is 0.800. The summed E-state index contributed by atoms with van der Waals surface area (Å²) in [6.45, 7) is 16.3. The number of rotatable bonds is 4. The molecule has 0 saturated heterocycles. The van der Waals surface area contributed by atoms with Gasteiger partial charge < -0.3 is 14.4 Å². The zero-order valence-corrected chi connectivity index (χ0v) is 21.9. The van der Waals surface area contributed by atoms with Gasteiger partial charge in [-0.3, -0.25) is 0 Å². The fourth-order valence-corrected chi connectivity index (χ4v) is 8.49. The van der Waals surface area contributed by atoms with Crippen molar-refractivity contribution in [1.82, 2.24) is 19.1 Å². The van der Waals surface area contributed by atoms with E-state index in [-0.39, 0.29) is 28.3 Å². The molecule has 2 heterocycles. The average Bonchev–Trinajstić information content (AvgIpc) is 3.14. The van der Waals surface area contributed by atoms with Crippen molar-refractivity contribution in [2.45, 2.75) is 88.7 Å². The van der Waals surface area contributed by atoms with Crippen molar-refractivity contribution >= 4 is 24.4 Å². The summed E-state index contributed by atoms with van der Waals surface area (Å²) >= 11 is 0. The minimum atomic E-state index is -3.80. The van der Waals surface area contributed by atoms with E-state index in [4.69, 9.17) is 9.47 Å². The SMILES string of the molecule is CN(C(=O)OC(C)(C)C)[C@]12COc3c(S(=O)(=O)N[Si](C)(C)C(C)(C)C)cnn3CC1C2. The van der Waals surface area contributed by atoms with Gasteiger partial charge in [-0.1, -0.05) is 33.9 Å². The highest BCUT2D eigenvalue weighted by atomic mass is 32.2. The third-order valence-electron chi connectivity index (χ3n) is 6.70. The highest BCUT2D eigenvalue weighted by Gasteiger charge is 2.61. The van der Waals surface area contributed by atoms with Crippen molar-refractivity contribution in [3.8, 4) is 5.88 Å². The highest BCUT2D eigenvalue weighted by Crippen LogP contribution is 2.52. The molecule has 31 heavy (non-hydrogen) atoms. The summed E-state index contributed by atoms with van der Waals surface area (Å²) in [4.78, 5) is 14.3. The second kappa shape index (κ2) is 7.21. The van der Waals surface area contributed by atoms with Crippen LogP contribution in [0.1, 0.15) is 48.0 Å². The van der Waals surface area contributed by atoms with E-state index in [0.717, 1.165) is 6.42 Å². The number of hydrogen-bond donors (Lipinski definition) is 1. The molecular formula is C20H36N4O5SSi. The summed E-state index contributed by atoms with van der Waals surface area (Å²) in [5.74, 6) is 0.352. The van der Waals surface area contributed by atoms with Crippen LogP contribution in [0, 0.1) is 5.92 Å². The van der Waals surface area contributed by atoms with Gasteiger partial charge in [0.15, 0.2) is 4.90 Å². The molecule has 11 heteroatoms. The average molecular weight is 473 g/mol. The summed E-state index contributed by atoms with van der Waals surface area (Å²) in [6.07, 6.45) is 1.70. The molecule has 9 nitrogen and oxygen atoms in total. The Hall–Kier alpha value is -1.59. The number of likely N-dealkylation sites (N-methyl/N-ethyl adjacent to an activating group) is 1. The quantitative estimate of drug-likeness (QED) is 0.675. The van der Waals surface area contributed by atoms with E-state index in [1.165, 1.54) is 6.20 Å². The van der Waals surface area contributed by atoms with Crippen LogP contribution in [0.3, 0.4) is 0 Å². The number of amides is 1. The Morgan fingerprint density at radius 1 is 1.32 bits per heavy atom. The van der Waals surface area contributed by atoms with Gasteiger partial charge in [-0.25, -0.2) is 22.3 Å². The Bertz CT molecular complexity index is 977. The van der Waals surface area contributed by atoms with Crippen molar-refractivity contribution in [2.24, 2.45) is 5.92 Å². The van der Waals surface area contributed by atoms with Gasteiger partial charge in [0, 0.05) is 13.0 Å². The molecule has 1 unspecified atom stereocenters. The van der Waals surface area contributed by atoms with Crippen LogP contribution in [0.15, 0.2) is 11.1 Å². The van der Waals surface area contributed by atoms with Gasteiger partial charge >= 0.3 is 6.09 Å². The first-order valence-electron chi connectivity index (χ1n) is 10.6. The van der Waals surface area contributed by atoms with Crippen LogP contribution in [0.4, 0.5) is 4.79 Å². The molecule has 2 atom stereocenters. The van der Waals surface area contributed by atoms with Crippen LogP contribution >= 0.6 is 0 Å². The van der Waals surface area contributed by atoms with E-state index in [9.17, 15) is 13.2 Å². The van der Waals surface area contributed by atoms with Crippen LogP contribution in [-0.4, -0.2) is 62.2 Å². The first-order chi connectivity index (χ1) is 13.9. The second-order valence-corrected chi connectivity index (χ2v) is 18.3. The Kier molecular flexibility index (Phi) is 5.59. The first-order valence-corrected chi connectivity index (χ1v) is 15.1. The zero-order chi connectivity index (χ0) is 23.6. The molecule has 1 aliphatic heterocycles. The number of carbonyl (C=O) groups is 1. The van der Waals surface area contributed by atoms with Crippen molar-refractivity contribution in [2.75, 3.05) is 13.7 Å². The van der Waals surface area contributed by atoms with E-state index >= 15 is 0 Å². The number of carbonyl (C=O) groups excluding carboxylic acids is 1. The van der Waals surface area contributed by atoms with Crippen molar-refractivity contribution in [3.05, 3.63) is 6.20 Å². The summed E-state index contributed by atoms with van der Waals surface area (Å²) in [5.41, 5.74) is -1.11. The molecule has 1 aliphatic carbocycles. The topological polar surface area (TPSA) is 103 Å². The van der Waals surface area contributed by atoms with Crippen LogP contribution in [0.25, 0.3) is 0 Å². The van der Waals surface area contributed by atoms with Gasteiger partial charge in [-0.2, -0.15) is 5.10 Å². The molecule has 0 spiro atoms. The highest BCUT2D eigenvalue weighted by molar-refractivity contribution is 7.91. The molecule has 1 amide bonds. The largest absolute Gasteiger partial charge is 0.474 e. The Morgan fingerprint density at radius 3 is 2.48 bits per heavy atom. The molecule has 3 rings (SSSR count). The second-order valence-electron chi connectivity index (χ2n) is 11.3. The third-order valence-corrected chi connectivity index (χ3v) is 14.4. The maximum absolute atomic E-state index is 13.2. The van der Waals surface area contributed by atoms with Gasteiger partial charge in [-0.05, 0) is 32.2 Å². The number of sulfonamides is 1. The predicted octanol–water partition coefficient (Wildman–Crippen LogP) is 3.18. The number of ether oxygens (including phenoxy) is 2. The van der Waals surface area contributed by atoms with Gasteiger partial charge in [-0.15, -0.1) is 0 Å². The number of hydrogen-bond acceptors (Lipinski definition) is 6. The molecule has 1 aromatic heterocycles. The van der Waals surface area contributed by atoms with E-state index in [1.54, 1.807) is 16.6 Å². The van der Waals surface area contributed by atoms with E-state index in [2.05, 4.69) is 9.49 Å². The van der Waals surface area contributed by atoms with Crippen LogP contribution in [-0.2, 0) is 21.3 Å². The number of nitrogens with one attached hydrogen (secondary N) is 1. The fourth-order valence-electron chi connectivity index (χ4n) is 3.56. The molecule has 1 aromatic rings. The monoisotopic (exact) mass is 472 g/mol. The number of fused-ring (bicyclic) bond motifs is 2. The van der Waals surface area contributed by atoms with Crippen molar-refractivity contribution in [1.29, 1.82) is 0 Å². The lowest BCUT2D eigenvalue weighted by Crippen LogP contribution is -2.54. The van der Waals surface area contributed by atoms with Crippen LogP contribution in [0.5, 0.6) is 5.88 Å². The Morgan fingerprint density at radius 2 is 1.94 bits per heavy atom. The molecule has 0 radical (unpaired) electrons. The van der Waals surface area contributed by atoms with Crippen molar-refractivity contribution < 1.29 is 22.7 Å². The van der Waals surface area contributed by atoms with Crippen molar-refractivity contribution in [3.63, 3.8) is 0 Å². The van der Waals surface area contributed by atoms with E-state index < -0.39 is 35.5 Å². The van der Waals surface area contributed by atoms with Gasteiger partial charge in [0.25, 0.3) is 0 Å². The minimum absolute atomic E-state index is 0.0497. The zero-order valence-electron chi connectivity index (χ0n) is 20.1. The predicted molar refractivity (Wildman–Crippen MR) is 120 cm³/mol. The molecule has 2 aliphatic rings. The molecule has 176 valence electrons. The van der Waals surface area contributed by atoms with Crippen LogP contribution in [0.2, 0.25) is 18.1 Å². The van der Waals surface area contributed by atoms with Gasteiger partial charge in [0.05, 0.1) is 18.3 Å². The standard InChI is InChI=1S/C20H36N4O5SSi/c1-18(2,3)29-17(25)23(7)20-10-14(20)12-24-16(28-13-20)15(11-21-24)30(26,27)22-31(8,9)19(4,5)6/h11,14,22H,10,12-13H2,1-9H3/t14?,20-/m1/s1. The molecule has 1 saturated carbocycles. The molecule has 0 aromatic carbocycles.